The number of carbonyl (C=O) groups excluding carboxylic acids is 2. The molecule has 0 aliphatic carbocycles. The van der Waals surface area contributed by atoms with Crippen molar-refractivity contribution in [2.24, 2.45) is 5.10 Å². The van der Waals surface area contributed by atoms with E-state index < -0.39 is 0 Å². The normalized spacial score (nSPS) is 17.3. The second kappa shape index (κ2) is 9.74. The molecule has 1 fully saturated rings. The number of hydrogen-bond donors (Lipinski definition) is 0. The summed E-state index contributed by atoms with van der Waals surface area (Å²) >= 11 is 6.11. The van der Waals surface area contributed by atoms with Gasteiger partial charge in [-0.2, -0.15) is 10.1 Å². The SMILES string of the molecule is O=C(CN1N=C(c2nc(-c3ccc4c(c3)OCO4)no2)CCC1=O)N1CCN(c2cccc(Cl)c2)CC1. The van der Waals surface area contributed by atoms with Crippen LogP contribution < -0.4 is 14.4 Å². The van der Waals surface area contributed by atoms with Crippen LogP contribution in [-0.4, -0.2) is 77.1 Å². The summed E-state index contributed by atoms with van der Waals surface area (Å²) < 4.78 is 16.2. The van der Waals surface area contributed by atoms with Crippen molar-refractivity contribution in [3.63, 3.8) is 0 Å². The number of piperazine rings is 1. The van der Waals surface area contributed by atoms with Crippen LogP contribution in [0.4, 0.5) is 5.69 Å². The first-order chi connectivity index (χ1) is 18.0. The molecule has 37 heavy (non-hydrogen) atoms. The number of fused-ring (bicyclic) bond motifs is 1. The zero-order chi connectivity index (χ0) is 25.4. The van der Waals surface area contributed by atoms with Crippen molar-refractivity contribution in [2.45, 2.75) is 12.8 Å². The number of benzene rings is 2. The van der Waals surface area contributed by atoms with E-state index >= 15 is 0 Å². The van der Waals surface area contributed by atoms with E-state index in [1.807, 2.05) is 30.3 Å². The van der Waals surface area contributed by atoms with Gasteiger partial charge in [0.2, 0.25) is 24.4 Å². The predicted octanol–water partition coefficient (Wildman–Crippen LogP) is 2.79. The summed E-state index contributed by atoms with van der Waals surface area (Å²) in [5, 5.41) is 10.3. The molecule has 3 aromatic rings. The van der Waals surface area contributed by atoms with E-state index in [1.165, 1.54) is 5.01 Å². The topological polar surface area (TPSA) is 114 Å². The van der Waals surface area contributed by atoms with Gasteiger partial charge < -0.3 is 23.8 Å². The van der Waals surface area contributed by atoms with Gasteiger partial charge in [0, 0.05) is 55.3 Å². The molecule has 4 heterocycles. The van der Waals surface area contributed by atoms with Gasteiger partial charge in [0.1, 0.15) is 12.3 Å². The maximum atomic E-state index is 13.0. The zero-order valence-electron chi connectivity index (χ0n) is 19.8. The van der Waals surface area contributed by atoms with Gasteiger partial charge in [0.25, 0.3) is 5.89 Å². The first kappa shape index (κ1) is 23.3. The molecule has 12 heteroatoms. The Morgan fingerprint density at radius 3 is 2.68 bits per heavy atom. The van der Waals surface area contributed by atoms with Gasteiger partial charge in [0.15, 0.2) is 11.5 Å². The standard InChI is InChI=1S/C25H23ClN6O5/c26-17-2-1-3-18(13-17)30-8-10-31(11-9-30)23(34)14-32-22(33)7-5-19(28-32)25-27-24(29-37-25)16-4-6-20-21(12-16)36-15-35-20/h1-4,6,12-13H,5,7-11,14-15H2. The van der Waals surface area contributed by atoms with Crippen molar-refractivity contribution in [3.8, 4) is 22.9 Å². The summed E-state index contributed by atoms with van der Waals surface area (Å²) in [7, 11) is 0. The molecule has 0 N–H and O–H groups in total. The number of carbonyl (C=O) groups is 2. The summed E-state index contributed by atoms with van der Waals surface area (Å²) in [4.78, 5) is 33.9. The Kier molecular flexibility index (Phi) is 6.13. The molecule has 11 nitrogen and oxygen atoms in total. The Morgan fingerprint density at radius 2 is 1.84 bits per heavy atom. The minimum Gasteiger partial charge on any atom is -0.454 e. The highest BCUT2D eigenvalue weighted by atomic mass is 35.5. The molecule has 1 aromatic heterocycles. The number of aromatic nitrogens is 2. The lowest BCUT2D eigenvalue weighted by atomic mass is 10.1. The van der Waals surface area contributed by atoms with Crippen LogP contribution in [-0.2, 0) is 9.59 Å². The fraction of sp³-hybridized carbons (Fsp3) is 0.320. The highest BCUT2D eigenvalue weighted by molar-refractivity contribution is 6.30. The van der Waals surface area contributed by atoms with Crippen molar-refractivity contribution < 1.29 is 23.6 Å². The van der Waals surface area contributed by atoms with Crippen LogP contribution in [0.5, 0.6) is 11.5 Å². The monoisotopic (exact) mass is 522 g/mol. The lowest BCUT2D eigenvalue weighted by molar-refractivity contribution is -0.141. The van der Waals surface area contributed by atoms with Crippen molar-refractivity contribution in [1.29, 1.82) is 0 Å². The summed E-state index contributed by atoms with van der Waals surface area (Å²) in [5.74, 6) is 1.48. The van der Waals surface area contributed by atoms with E-state index in [0.29, 0.717) is 66.2 Å². The highest BCUT2D eigenvalue weighted by Crippen LogP contribution is 2.35. The molecule has 6 rings (SSSR count). The molecule has 3 aliphatic heterocycles. The fourth-order valence-corrected chi connectivity index (χ4v) is 4.67. The number of ether oxygens (including phenoxy) is 2. The molecular weight excluding hydrogens is 500 g/mol. The molecule has 0 bridgehead atoms. The summed E-state index contributed by atoms with van der Waals surface area (Å²) in [6.45, 7) is 2.49. The highest BCUT2D eigenvalue weighted by Gasteiger charge is 2.29. The van der Waals surface area contributed by atoms with Crippen molar-refractivity contribution in [3.05, 3.63) is 53.4 Å². The van der Waals surface area contributed by atoms with Crippen LogP contribution in [0.2, 0.25) is 5.02 Å². The maximum absolute atomic E-state index is 13.0. The van der Waals surface area contributed by atoms with Crippen LogP contribution in [0.25, 0.3) is 11.4 Å². The fourth-order valence-electron chi connectivity index (χ4n) is 4.49. The minimum absolute atomic E-state index is 0.136. The summed E-state index contributed by atoms with van der Waals surface area (Å²) in [6.07, 6.45) is 0.557. The smallest absolute Gasteiger partial charge is 0.274 e. The Balaban J connectivity index is 1.11. The molecule has 0 spiro atoms. The van der Waals surface area contributed by atoms with E-state index in [9.17, 15) is 9.59 Å². The quantitative estimate of drug-likeness (QED) is 0.502. The van der Waals surface area contributed by atoms with Crippen molar-refractivity contribution >= 4 is 34.8 Å². The van der Waals surface area contributed by atoms with E-state index in [-0.39, 0.29) is 37.5 Å². The van der Waals surface area contributed by atoms with E-state index in [2.05, 4.69) is 20.1 Å². The van der Waals surface area contributed by atoms with Gasteiger partial charge in [-0.25, -0.2) is 5.01 Å². The van der Waals surface area contributed by atoms with Gasteiger partial charge in [-0.05, 0) is 36.4 Å². The Labute approximate surface area is 217 Å². The minimum atomic E-state index is -0.217. The molecule has 3 aliphatic rings. The third-order valence-corrected chi connectivity index (χ3v) is 6.73. The maximum Gasteiger partial charge on any atom is 0.274 e. The molecule has 0 atom stereocenters. The number of rotatable bonds is 5. The van der Waals surface area contributed by atoms with Crippen LogP contribution in [0.1, 0.15) is 18.7 Å². The lowest BCUT2D eigenvalue weighted by Gasteiger charge is -2.36. The van der Waals surface area contributed by atoms with Gasteiger partial charge in [0.05, 0.1) is 0 Å². The first-order valence-electron chi connectivity index (χ1n) is 11.9. The van der Waals surface area contributed by atoms with Gasteiger partial charge in [-0.15, -0.1) is 0 Å². The van der Waals surface area contributed by atoms with E-state index in [0.717, 1.165) is 5.69 Å². The summed E-state index contributed by atoms with van der Waals surface area (Å²) in [6, 6.07) is 13.0. The second-order valence-corrected chi connectivity index (χ2v) is 9.27. The van der Waals surface area contributed by atoms with Crippen molar-refractivity contribution in [2.75, 3.05) is 44.4 Å². The third kappa shape index (κ3) is 4.82. The van der Waals surface area contributed by atoms with Crippen molar-refractivity contribution in [1.82, 2.24) is 20.0 Å². The first-order valence-corrected chi connectivity index (χ1v) is 12.3. The largest absolute Gasteiger partial charge is 0.454 e. The van der Waals surface area contributed by atoms with Gasteiger partial charge in [-0.1, -0.05) is 22.8 Å². The van der Waals surface area contributed by atoms with Crippen LogP contribution >= 0.6 is 11.6 Å². The predicted molar refractivity (Wildman–Crippen MR) is 134 cm³/mol. The average molecular weight is 523 g/mol. The van der Waals surface area contributed by atoms with Crippen LogP contribution in [0.15, 0.2) is 52.1 Å². The third-order valence-electron chi connectivity index (χ3n) is 6.50. The molecule has 0 saturated carbocycles. The van der Waals surface area contributed by atoms with Crippen LogP contribution in [0.3, 0.4) is 0 Å². The lowest BCUT2D eigenvalue weighted by Crippen LogP contribution is -2.51. The van der Waals surface area contributed by atoms with Gasteiger partial charge >= 0.3 is 0 Å². The van der Waals surface area contributed by atoms with Gasteiger partial charge in [-0.3, -0.25) is 9.59 Å². The summed E-state index contributed by atoms with van der Waals surface area (Å²) in [5.41, 5.74) is 2.20. The molecule has 0 unspecified atom stereocenters. The molecule has 2 amide bonds. The number of hydrogen-bond acceptors (Lipinski definition) is 9. The Hall–Kier alpha value is -4.12. The second-order valence-electron chi connectivity index (χ2n) is 8.84. The number of anilines is 1. The Bertz CT molecular complexity index is 1380. The van der Waals surface area contributed by atoms with E-state index in [1.54, 1.807) is 17.0 Å². The Morgan fingerprint density at radius 1 is 1.00 bits per heavy atom. The van der Waals surface area contributed by atoms with Crippen LogP contribution in [0, 0.1) is 0 Å². The molecule has 1 saturated heterocycles. The zero-order valence-corrected chi connectivity index (χ0v) is 20.6. The number of amides is 2. The molecule has 2 aromatic carbocycles. The average Bonchev–Trinajstić information content (AvgIpc) is 3.60. The molecule has 0 radical (unpaired) electrons. The number of halogens is 1. The molecule has 190 valence electrons. The van der Waals surface area contributed by atoms with E-state index in [4.69, 9.17) is 25.6 Å². The number of hydrazone groups is 1. The number of nitrogens with zero attached hydrogens (tertiary/aromatic N) is 6. The molecular formula is C25H23ClN6O5.